The van der Waals surface area contributed by atoms with Gasteiger partial charge in [0.15, 0.2) is 0 Å². The highest BCUT2D eigenvalue weighted by atomic mass is 28.4. The van der Waals surface area contributed by atoms with Gasteiger partial charge >= 0.3 is 0 Å². The van der Waals surface area contributed by atoms with Crippen molar-refractivity contribution in [3.8, 4) is 0 Å². The molecule has 2 N–H and O–H groups in total. The molecule has 0 atom stereocenters. The van der Waals surface area contributed by atoms with Gasteiger partial charge in [0, 0.05) is 0 Å². The highest BCUT2D eigenvalue weighted by Gasteiger charge is 2.44. The van der Waals surface area contributed by atoms with E-state index in [-0.39, 0.29) is 0 Å². The first-order valence-corrected chi connectivity index (χ1v) is 11.7. The first-order chi connectivity index (χ1) is 7.50. The fraction of sp³-hybridized carbons (Fsp3) is 1.00. The summed E-state index contributed by atoms with van der Waals surface area (Å²) in [6.07, 6.45) is 0. The molecule has 0 fully saturated rings. The lowest BCUT2D eigenvalue weighted by molar-refractivity contribution is 0.586. The summed E-state index contributed by atoms with van der Waals surface area (Å²) in [6, 6.07) is 4.08. The zero-order valence-electron chi connectivity index (χ0n) is 12.3. The van der Waals surface area contributed by atoms with Gasteiger partial charge in [-0.2, -0.15) is 0 Å². The molecule has 0 aromatic heterocycles. The number of rotatable bonds is 8. The van der Waals surface area contributed by atoms with Gasteiger partial charge in [-0.1, -0.05) is 27.7 Å². The molecule has 0 saturated heterocycles. The average molecular weight is 262 g/mol. The van der Waals surface area contributed by atoms with Crippen LogP contribution in [0.15, 0.2) is 0 Å². The monoisotopic (exact) mass is 261 g/mol. The Labute approximate surface area is 104 Å². The molecule has 5 heteroatoms. The highest BCUT2D eigenvalue weighted by molar-refractivity contribution is 6.90. The summed E-state index contributed by atoms with van der Waals surface area (Å²) in [5, 5.41) is 0. The number of hydrogen-bond donors (Lipinski definition) is 2. The predicted octanol–water partition coefficient (Wildman–Crippen LogP) is 2.32. The zero-order valence-corrected chi connectivity index (χ0v) is 14.3. The third-order valence-electron chi connectivity index (χ3n) is 4.38. The van der Waals surface area contributed by atoms with E-state index in [1.54, 1.807) is 0 Å². The van der Waals surface area contributed by atoms with Crippen molar-refractivity contribution in [2.75, 3.05) is 20.6 Å². The Kier molecular flexibility index (Phi) is 7.04. The minimum absolute atomic E-state index is 1.17. The van der Waals surface area contributed by atoms with E-state index in [2.05, 4.69) is 62.5 Å². The minimum Gasteiger partial charge on any atom is -0.321 e. The maximum Gasteiger partial charge on any atom is 0.273 e. The van der Waals surface area contributed by atoms with Gasteiger partial charge in [0.1, 0.15) is 8.24 Å². The molecule has 0 aromatic rings. The second-order valence-electron chi connectivity index (χ2n) is 4.60. The van der Waals surface area contributed by atoms with Crippen LogP contribution in [-0.2, 0) is 0 Å². The third-order valence-corrected chi connectivity index (χ3v) is 15.9. The quantitative estimate of drug-likeness (QED) is 0.657. The summed E-state index contributed by atoms with van der Waals surface area (Å²) in [5.41, 5.74) is 0. The molecule has 0 amide bonds. The fourth-order valence-electron chi connectivity index (χ4n) is 2.84. The van der Waals surface area contributed by atoms with E-state index in [1.165, 1.54) is 24.7 Å². The van der Waals surface area contributed by atoms with E-state index >= 15 is 0 Å². The van der Waals surface area contributed by atoms with Crippen LogP contribution in [0.5, 0.6) is 0 Å². The normalized spacial score (nSPS) is 13.5. The van der Waals surface area contributed by atoms with Gasteiger partial charge in [-0.15, -0.1) is 0 Å². The van der Waals surface area contributed by atoms with Gasteiger partial charge in [-0.25, -0.2) is 0 Å². The molecule has 0 aliphatic heterocycles. The first kappa shape index (κ1) is 16.3. The number of nitrogens with one attached hydrogen (secondary N) is 2. The zero-order chi connectivity index (χ0) is 12.8. The Morgan fingerprint density at radius 3 is 1.44 bits per heavy atom. The summed E-state index contributed by atoms with van der Waals surface area (Å²) in [4.78, 5) is 7.15. The molecule has 0 heterocycles. The molecule has 98 valence electrons. The molecular weight excluding hydrogens is 230 g/mol. The van der Waals surface area contributed by atoms with E-state index in [9.17, 15) is 0 Å². The number of hydrogen-bond acceptors (Lipinski definition) is 3. The van der Waals surface area contributed by atoms with Crippen LogP contribution >= 0.6 is 0 Å². The Hall–Kier alpha value is 0.314. The predicted molar refractivity (Wildman–Crippen MR) is 79.3 cm³/mol. The molecule has 0 radical (unpaired) electrons. The molecule has 0 saturated carbocycles. The first-order valence-electron chi connectivity index (χ1n) is 6.65. The van der Waals surface area contributed by atoms with E-state index in [0.29, 0.717) is 0 Å². The van der Waals surface area contributed by atoms with Crippen LogP contribution in [-0.4, -0.2) is 41.7 Å². The lowest BCUT2D eigenvalue weighted by atomic mass is 10.8. The third kappa shape index (κ3) is 2.95. The SMILES string of the molecule is CCN([Si](CC)(CC)CC)[Si](C)(NC)NC. The molecule has 3 nitrogen and oxygen atoms in total. The molecule has 0 aliphatic rings. The second kappa shape index (κ2) is 6.91. The van der Waals surface area contributed by atoms with Gasteiger partial charge in [-0.05, 0) is 45.3 Å². The maximum atomic E-state index is 3.58. The van der Waals surface area contributed by atoms with Crippen LogP contribution in [0.4, 0.5) is 0 Å². The van der Waals surface area contributed by atoms with Crippen LogP contribution in [0, 0.1) is 0 Å². The van der Waals surface area contributed by atoms with Crippen molar-refractivity contribution in [2.45, 2.75) is 52.4 Å². The topological polar surface area (TPSA) is 27.3 Å². The largest absolute Gasteiger partial charge is 0.321 e. The standard InChI is InChI=1S/C11H31N3Si2/c1-8-14(15(7,12-5)13-6)16(9-2,10-3)11-4/h12-13H,8-11H2,1-7H3. The summed E-state index contributed by atoms with van der Waals surface area (Å²) in [7, 11) is 1.32. The van der Waals surface area contributed by atoms with Gasteiger partial charge in [0.25, 0.3) is 8.56 Å². The van der Waals surface area contributed by atoms with Crippen molar-refractivity contribution in [2.24, 2.45) is 0 Å². The van der Waals surface area contributed by atoms with Crippen LogP contribution in [0.1, 0.15) is 27.7 Å². The van der Waals surface area contributed by atoms with Crippen molar-refractivity contribution < 1.29 is 0 Å². The maximum absolute atomic E-state index is 3.58. The minimum atomic E-state index is -1.63. The molecule has 0 aliphatic carbocycles. The van der Waals surface area contributed by atoms with Gasteiger partial charge in [-0.3, -0.25) is 0 Å². The van der Waals surface area contributed by atoms with Crippen molar-refractivity contribution in [1.29, 1.82) is 0 Å². The fourth-order valence-corrected chi connectivity index (χ4v) is 13.5. The smallest absolute Gasteiger partial charge is 0.273 e. The lowest BCUT2D eigenvalue weighted by Gasteiger charge is -2.49. The molecule has 0 rings (SSSR count). The highest BCUT2D eigenvalue weighted by Crippen LogP contribution is 2.27. The molecule has 0 spiro atoms. The molecule has 0 bridgehead atoms. The van der Waals surface area contributed by atoms with Gasteiger partial charge in [0.2, 0.25) is 0 Å². The summed E-state index contributed by atoms with van der Waals surface area (Å²) < 4.78 is 2.83. The van der Waals surface area contributed by atoms with Crippen molar-refractivity contribution in [3.05, 3.63) is 0 Å². The molecule has 0 aromatic carbocycles. The van der Waals surface area contributed by atoms with E-state index in [1.807, 2.05) is 0 Å². The Bertz CT molecular complexity index is 183. The summed E-state index contributed by atoms with van der Waals surface area (Å²) in [6.45, 7) is 13.0. The van der Waals surface area contributed by atoms with Crippen LogP contribution in [0.3, 0.4) is 0 Å². The van der Waals surface area contributed by atoms with E-state index in [4.69, 9.17) is 0 Å². The second-order valence-corrected chi connectivity index (χ2v) is 13.8. The molecule has 16 heavy (non-hydrogen) atoms. The van der Waals surface area contributed by atoms with Crippen LogP contribution in [0.25, 0.3) is 0 Å². The van der Waals surface area contributed by atoms with Crippen molar-refractivity contribution >= 4 is 16.8 Å². The molecule has 0 unspecified atom stereocenters. The lowest BCUT2D eigenvalue weighted by Crippen LogP contribution is -2.76. The Morgan fingerprint density at radius 2 is 1.25 bits per heavy atom. The van der Waals surface area contributed by atoms with E-state index in [0.717, 1.165) is 0 Å². The van der Waals surface area contributed by atoms with Crippen LogP contribution < -0.4 is 9.96 Å². The Morgan fingerprint density at radius 1 is 0.875 bits per heavy atom. The summed E-state index contributed by atoms with van der Waals surface area (Å²) in [5.74, 6) is 0. The molecular formula is C11H31N3Si2. The Balaban J connectivity index is 5.21. The van der Waals surface area contributed by atoms with Crippen molar-refractivity contribution in [3.63, 3.8) is 0 Å². The van der Waals surface area contributed by atoms with E-state index < -0.39 is 16.8 Å². The van der Waals surface area contributed by atoms with Gasteiger partial charge < -0.3 is 14.2 Å². The van der Waals surface area contributed by atoms with Gasteiger partial charge in [0.05, 0.1) is 0 Å². The van der Waals surface area contributed by atoms with Crippen molar-refractivity contribution in [1.82, 2.24) is 14.2 Å². The average Bonchev–Trinajstić information content (AvgIpc) is 2.35. The summed E-state index contributed by atoms with van der Waals surface area (Å²) >= 11 is 0. The number of nitrogens with zero attached hydrogens (tertiary/aromatic N) is 1. The van der Waals surface area contributed by atoms with Crippen LogP contribution in [0.2, 0.25) is 24.7 Å².